The third-order valence-corrected chi connectivity index (χ3v) is 7.06. The molecule has 0 atom stereocenters. The van der Waals surface area contributed by atoms with Gasteiger partial charge in [0.05, 0.1) is 35.6 Å². The van der Waals surface area contributed by atoms with E-state index in [1.165, 1.54) is 0 Å². The summed E-state index contributed by atoms with van der Waals surface area (Å²) in [5.41, 5.74) is -5.55. The van der Waals surface area contributed by atoms with Gasteiger partial charge in [0.15, 0.2) is 0 Å². The maximum Gasteiger partial charge on any atom is 0.143 e. The highest BCUT2D eigenvalue weighted by Crippen LogP contribution is 2.48. The first kappa shape index (κ1) is 9.69. The molecule has 1 aromatic heterocycles. The highest BCUT2D eigenvalue weighted by atomic mass is 16.3. The van der Waals surface area contributed by atoms with Gasteiger partial charge in [0.25, 0.3) is 0 Å². The van der Waals surface area contributed by atoms with Gasteiger partial charge in [0.1, 0.15) is 11.2 Å². The molecule has 0 unspecified atom stereocenters. The van der Waals surface area contributed by atoms with Crippen LogP contribution >= 0.6 is 0 Å². The summed E-state index contributed by atoms with van der Waals surface area (Å²) in [6, 6.07) is -24.1. The van der Waals surface area contributed by atoms with Gasteiger partial charge in [0, 0.05) is 21.9 Å². The first-order valence-electron chi connectivity index (χ1n) is 25.7. The zero-order chi connectivity index (χ0) is 51.0. The van der Waals surface area contributed by atoms with Crippen molar-refractivity contribution in [2.75, 3.05) is 0 Å². The predicted molar refractivity (Wildman–Crippen MR) is 183 cm³/mol. The topological polar surface area (TPSA) is 13.1 Å². The molecule has 200 valence electrons. The van der Waals surface area contributed by atoms with Gasteiger partial charge in [-0.2, -0.15) is 0 Å². The Kier molecular flexibility index (Phi) is 2.13. The number of furan rings is 1. The van der Waals surface area contributed by atoms with Crippen molar-refractivity contribution < 1.29 is 40.1 Å². The molecule has 0 amide bonds. The molecule has 0 aliphatic heterocycles. The van der Waals surface area contributed by atoms with Gasteiger partial charge < -0.3 is 4.42 Å². The van der Waals surface area contributed by atoms with Crippen LogP contribution in [0.1, 0.15) is 35.6 Å². The SMILES string of the molecule is [2H]c1c([2H])c([2H])c(-c2c([2H])c([2H])c([2H])c3c(-c4c5c([2H])c([2H])c([2H])c([2H])c5c(-c5c([2H])c([2H])c([2H])c6c5oc5c([2H])c([2H])c([2H])c([2H])c56)c5c([2H])c([2H])c([2H])c([2H])c45)c([2H])c([2H])c([2H])c23)c([2H])c1[2H]. The fourth-order valence-electron chi connectivity index (χ4n) is 5.32. The van der Waals surface area contributed by atoms with Gasteiger partial charge in [-0.15, -0.1) is 0 Å². The third-order valence-electron chi connectivity index (χ3n) is 7.06. The van der Waals surface area contributed by atoms with E-state index in [9.17, 15) is 11.0 Å². The Morgan fingerprint density at radius 3 is 1.42 bits per heavy atom. The second-order valence-electron chi connectivity index (χ2n) is 9.26. The largest absolute Gasteiger partial charge is 0.455 e. The van der Waals surface area contributed by atoms with Crippen molar-refractivity contribution in [3.8, 4) is 33.4 Å². The lowest BCUT2D eigenvalue weighted by molar-refractivity contribution is 0.670. The molecule has 0 spiro atoms. The van der Waals surface area contributed by atoms with Crippen LogP contribution in [0.5, 0.6) is 0 Å². The Bertz CT molecular complexity index is 3860. The van der Waals surface area contributed by atoms with Crippen molar-refractivity contribution in [3.05, 3.63) is 157 Å². The summed E-state index contributed by atoms with van der Waals surface area (Å²) < 4.78 is 238. The normalized spacial score (nSPS) is 20.2. The van der Waals surface area contributed by atoms with Crippen LogP contribution < -0.4 is 0 Å². The lowest BCUT2D eigenvalue weighted by Crippen LogP contribution is -1.92. The van der Waals surface area contributed by atoms with E-state index in [4.69, 9.17) is 29.1 Å². The van der Waals surface area contributed by atoms with Crippen molar-refractivity contribution >= 4 is 54.3 Å². The Labute approximate surface area is 285 Å². The number of hydrogen-bond acceptors (Lipinski definition) is 1. The second kappa shape index (κ2) is 9.44. The van der Waals surface area contributed by atoms with Crippen LogP contribution in [0.3, 0.4) is 0 Å². The minimum atomic E-state index is -1.04. The zero-order valence-electron chi connectivity index (χ0n) is 47.4. The molecule has 0 aliphatic rings. The van der Waals surface area contributed by atoms with Crippen LogP contribution in [-0.2, 0) is 0 Å². The molecule has 0 aliphatic carbocycles. The van der Waals surface area contributed by atoms with Crippen molar-refractivity contribution in [2.45, 2.75) is 0 Å². The van der Waals surface area contributed by atoms with Gasteiger partial charge in [-0.25, -0.2) is 0 Å². The Balaban J connectivity index is 1.67. The molecule has 9 rings (SSSR count). The maximum absolute atomic E-state index is 9.48. The van der Waals surface area contributed by atoms with E-state index in [-0.39, 0.29) is 0 Å². The van der Waals surface area contributed by atoms with E-state index >= 15 is 0 Å². The summed E-state index contributed by atoms with van der Waals surface area (Å²) in [6.07, 6.45) is 0. The second-order valence-corrected chi connectivity index (χ2v) is 9.26. The third kappa shape index (κ3) is 3.58. The Morgan fingerprint density at radius 2 is 0.767 bits per heavy atom. The van der Waals surface area contributed by atoms with Crippen molar-refractivity contribution in [1.82, 2.24) is 0 Å². The summed E-state index contributed by atoms with van der Waals surface area (Å²) in [5, 5.41) is -5.26. The number of benzene rings is 8. The van der Waals surface area contributed by atoms with Gasteiger partial charge in [-0.05, 0) is 60.6 Å². The van der Waals surface area contributed by atoms with Crippen LogP contribution in [0, 0.1) is 0 Å². The van der Waals surface area contributed by atoms with Crippen LogP contribution in [0.2, 0.25) is 0 Å². The average molecular weight is 573 g/mol. The quantitative estimate of drug-likeness (QED) is 0.192. The summed E-state index contributed by atoms with van der Waals surface area (Å²) in [5.74, 6) is 0. The highest BCUT2D eigenvalue weighted by Gasteiger charge is 2.21. The first-order valence-corrected chi connectivity index (χ1v) is 12.7. The fourth-order valence-corrected chi connectivity index (χ4v) is 5.32. The molecule has 0 fully saturated rings. The van der Waals surface area contributed by atoms with E-state index in [0.29, 0.717) is 0 Å². The maximum atomic E-state index is 9.48. The molecule has 1 heteroatoms. The smallest absolute Gasteiger partial charge is 0.143 e. The van der Waals surface area contributed by atoms with Gasteiger partial charge in [-0.3, -0.25) is 0 Å². The summed E-state index contributed by atoms with van der Waals surface area (Å²) in [4.78, 5) is 0. The minimum Gasteiger partial charge on any atom is -0.455 e. The number of para-hydroxylation sites is 2. The van der Waals surface area contributed by atoms with Gasteiger partial charge in [0.2, 0.25) is 0 Å². The predicted octanol–water partition coefficient (Wildman–Crippen LogP) is 12.0. The zero-order valence-corrected chi connectivity index (χ0v) is 21.4. The lowest BCUT2D eigenvalue weighted by Gasteiger charge is -2.19. The van der Waals surface area contributed by atoms with Crippen molar-refractivity contribution in [1.29, 1.82) is 0 Å². The Hall–Kier alpha value is -5.66. The number of hydrogen-bond donors (Lipinski definition) is 0. The Morgan fingerprint density at radius 1 is 0.326 bits per heavy atom. The van der Waals surface area contributed by atoms with Crippen molar-refractivity contribution in [3.63, 3.8) is 0 Å². The molecule has 0 radical (unpaired) electrons. The molecule has 1 heterocycles. The van der Waals surface area contributed by atoms with Gasteiger partial charge in [-0.1, -0.05) is 151 Å². The lowest BCUT2D eigenvalue weighted by atomic mass is 9.84. The van der Waals surface area contributed by atoms with Crippen LogP contribution in [0.4, 0.5) is 0 Å². The first-order chi connectivity index (χ1) is 32.2. The van der Waals surface area contributed by atoms with E-state index in [0.717, 1.165) is 0 Å². The molecule has 0 saturated heterocycles. The summed E-state index contributed by atoms with van der Waals surface area (Å²) in [7, 11) is 0. The highest BCUT2D eigenvalue weighted by molar-refractivity contribution is 6.26. The average Bonchev–Trinajstić information content (AvgIpc) is 3.73. The van der Waals surface area contributed by atoms with Crippen LogP contribution in [0.25, 0.3) is 87.6 Å². The number of fused-ring (bicyclic) bond motifs is 6. The molecule has 43 heavy (non-hydrogen) atoms. The molecular formula is C42H26O. The molecule has 9 aromatic rings. The van der Waals surface area contributed by atoms with Crippen LogP contribution in [0.15, 0.2) is 162 Å². The molecule has 0 N–H and O–H groups in total. The van der Waals surface area contributed by atoms with Crippen molar-refractivity contribution in [2.24, 2.45) is 0 Å². The van der Waals surface area contributed by atoms with E-state index in [2.05, 4.69) is 0 Å². The monoisotopic (exact) mass is 572 g/mol. The minimum absolute atomic E-state index is 0.425. The van der Waals surface area contributed by atoms with E-state index < -0.39 is 245 Å². The number of rotatable bonds is 3. The molecule has 8 aromatic carbocycles. The van der Waals surface area contributed by atoms with Gasteiger partial charge >= 0.3 is 0 Å². The molecule has 0 saturated carbocycles. The van der Waals surface area contributed by atoms with E-state index in [1.54, 1.807) is 0 Å². The van der Waals surface area contributed by atoms with E-state index in [1.807, 2.05) is 0 Å². The standard InChI is InChI=1S/C42H26O/c1-2-13-27(14-3-1)28-20-10-22-30-29(28)21-11-23-32(30)40-33-16-4-6-18-35(33)41(36-19-7-5-17-34(36)40)38-25-12-24-37-31-15-8-9-26-39(31)43-42(37)38/h1-26H/i1D,2D,3D,4D,5D,6D,7D,8D,9D,10D,11D,12D,13D,14D,15D,16D,17D,18D,19D,20D,21D,22D,23D,24D,25D,26D. The molecular weight excluding hydrogens is 520 g/mol. The van der Waals surface area contributed by atoms with Crippen LogP contribution in [-0.4, -0.2) is 0 Å². The summed E-state index contributed by atoms with van der Waals surface area (Å²) >= 11 is 0. The molecule has 1 nitrogen and oxygen atoms in total. The fraction of sp³-hybridized carbons (Fsp3) is 0. The molecule has 0 bridgehead atoms. The summed E-state index contributed by atoms with van der Waals surface area (Å²) in [6.45, 7) is 0.